The maximum atomic E-state index is 14.7. The normalized spacial score (nSPS) is 15.9. The highest BCUT2D eigenvalue weighted by molar-refractivity contribution is 6.32. The van der Waals surface area contributed by atoms with Gasteiger partial charge in [0, 0.05) is 17.1 Å². The monoisotopic (exact) mass is 413 g/mol. The van der Waals surface area contributed by atoms with Crippen LogP contribution in [0.25, 0.3) is 11.0 Å². The molecular weight excluding hydrogens is 393 g/mol. The molecule has 1 unspecified atom stereocenters. The lowest BCUT2D eigenvalue weighted by atomic mass is 9.97. The second-order valence-corrected chi connectivity index (χ2v) is 7.81. The Morgan fingerprint density at radius 1 is 1.17 bits per heavy atom. The quantitative estimate of drug-likeness (QED) is 0.509. The van der Waals surface area contributed by atoms with Crippen molar-refractivity contribution in [1.82, 2.24) is 4.90 Å². The van der Waals surface area contributed by atoms with E-state index in [-0.39, 0.29) is 22.7 Å². The average Bonchev–Trinajstić information content (AvgIpc) is 2.97. The highest BCUT2D eigenvalue weighted by atomic mass is 35.5. The van der Waals surface area contributed by atoms with Gasteiger partial charge in [-0.1, -0.05) is 49.6 Å². The van der Waals surface area contributed by atoms with Crippen molar-refractivity contribution in [3.8, 4) is 0 Å². The first-order valence-electron chi connectivity index (χ1n) is 9.76. The zero-order valence-electron chi connectivity index (χ0n) is 16.3. The summed E-state index contributed by atoms with van der Waals surface area (Å²) in [6.45, 7) is 4.29. The fourth-order valence-corrected chi connectivity index (χ4v) is 4.09. The average molecular weight is 414 g/mol. The Morgan fingerprint density at radius 3 is 2.66 bits per heavy atom. The van der Waals surface area contributed by atoms with Gasteiger partial charge in [-0.25, -0.2) is 4.39 Å². The fourth-order valence-electron chi connectivity index (χ4n) is 3.92. The standard InChI is InChI=1S/C23H21ClFNO3/c1-3-4-7-10-26-20(14-8-5-6-9-17(14)25)19-21(27)15-12-16(24)13(2)11-18(15)29-22(19)23(26)28/h5-6,8-9,11-12,20H,3-4,7,10H2,1-2H3. The molecule has 6 heteroatoms. The number of rotatable bonds is 5. The molecule has 1 aliphatic heterocycles. The molecule has 0 saturated heterocycles. The van der Waals surface area contributed by atoms with Crippen molar-refractivity contribution < 1.29 is 13.6 Å². The SMILES string of the molecule is CCCCCN1C(=O)c2oc3cc(C)c(Cl)cc3c(=O)c2C1c1ccccc1F. The number of carbonyl (C=O) groups excluding carboxylic acids is 1. The van der Waals surface area contributed by atoms with Crippen molar-refractivity contribution in [3.05, 3.63) is 79.9 Å². The number of benzene rings is 2. The van der Waals surface area contributed by atoms with E-state index < -0.39 is 11.9 Å². The van der Waals surface area contributed by atoms with E-state index in [1.807, 2.05) is 0 Å². The topological polar surface area (TPSA) is 50.5 Å². The molecule has 2 aromatic carbocycles. The molecule has 3 aromatic rings. The highest BCUT2D eigenvalue weighted by Gasteiger charge is 2.43. The van der Waals surface area contributed by atoms with Gasteiger partial charge >= 0.3 is 0 Å². The first kappa shape index (κ1) is 19.6. The summed E-state index contributed by atoms with van der Waals surface area (Å²) in [4.78, 5) is 28.1. The van der Waals surface area contributed by atoms with Crippen LogP contribution < -0.4 is 5.43 Å². The van der Waals surface area contributed by atoms with E-state index in [4.69, 9.17) is 16.0 Å². The lowest BCUT2D eigenvalue weighted by molar-refractivity contribution is 0.0723. The van der Waals surface area contributed by atoms with Gasteiger partial charge in [0.1, 0.15) is 11.4 Å². The van der Waals surface area contributed by atoms with E-state index in [9.17, 15) is 14.0 Å². The number of halogens is 2. The van der Waals surface area contributed by atoms with E-state index >= 15 is 0 Å². The van der Waals surface area contributed by atoms with Gasteiger partial charge in [-0.3, -0.25) is 9.59 Å². The summed E-state index contributed by atoms with van der Waals surface area (Å²) in [5.74, 6) is -0.843. The molecule has 1 aliphatic rings. The Balaban J connectivity index is 1.96. The van der Waals surface area contributed by atoms with Crippen LogP contribution in [0.4, 0.5) is 4.39 Å². The highest BCUT2D eigenvalue weighted by Crippen LogP contribution is 2.39. The van der Waals surface area contributed by atoms with Crippen molar-refractivity contribution in [3.63, 3.8) is 0 Å². The summed E-state index contributed by atoms with van der Waals surface area (Å²) in [7, 11) is 0. The number of amides is 1. The van der Waals surface area contributed by atoms with Crippen LogP contribution >= 0.6 is 11.6 Å². The fraction of sp³-hybridized carbons (Fsp3) is 0.304. The summed E-state index contributed by atoms with van der Waals surface area (Å²) in [6.07, 6.45) is 2.68. The molecule has 0 N–H and O–H groups in total. The third-order valence-corrected chi connectivity index (χ3v) is 5.86. The van der Waals surface area contributed by atoms with E-state index in [1.165, 1.54) is 6.07 Å². The van der Waals surface area contributed by atoms with Gasteiger partial charge in [0.05, 0.1) is 17.0 Å². The Morgan fingerprint density at radius 2 is 1.93 bits per heavy atom. The first-order chi connectivity index (χ1) is 13.9. The minimum absolute atomic E-state index is 0.00558. The minimum Gasteiger partial charge on any atom is -0.450 e. The Hall–Kier alpha value is -2.66. The molecule has 1 atom stereocenters. The zero-order chi connectivity index (χ0) is 20.7. The summed E-state index contributed by atoms with van der Waals surface area (Å²) in [6, 6.07) is 8.64. The molecule has 0 aliphatic carbocycles. The Bertz CT molecular complexity index is 1170. The van der Waals surface area contributed by atoms with E-state index in [1.54, 1.807) is 42.2 Å². The Labute approximate surface area is 172 Å². The van der Waals surface area contributed by atoms with Crippen molar-refractivity contribution in [2.75, 3.05) is 6.54 Å². The molecule has 0 fully saturated rings. The molecule has 0 spiro atoms. The van der Waals surface area contributed by atoms with Gasteiger partial charge < -0.3 is 9.32 Å². The molecule has 1 aromatic heterocycles. The van der Waals surface area contributed by atoms with Crippen LogP contribution in [-0.4, -0.2) is 17.4 Å². The van der Waals surface area contributed by atoms with E-state index in [0.29, 0.717) is 28.1 Å². The van der Waals surface area contributed by atoms with Crippen molar-refractivity contribution >= 4 is 28.5 Å². The van der Waals surface area contributed by atoms with Gasteiger partial charge in [-0.05, 0) is 37.1 Å². The van der Waals surface area contributed by atoms with Gasteiger partial charge in [0.25, 0.3) is 5.91 Å². The second kappa shape index (κ2) is 7.64. The molecule has 29 heavy (non-hydrogen) atoms. The third-order valence-electron chi connectivity index (χ3n) is 5.45. The predicted octanol–water partition coefficient (Wildman–Crippen LogP) is 5.63. The largest absolute Gasteiger partial charge is 0.450 e. The molecule has 4 nitrogen and oxygen atoms in total. The lowest BCUT2D eigenvalue weighted by Gasteiger charge is -2.25. The van der Waals surface area contributed by atoms with Gasteiger partial charge in [-0.15, -0.1) is 0 Å². The molecule has 2 heterocycles. The van der Waals surface area contributed by atoms with Gasteiger partial charge in [-0.2, -0.15) is 0 Å². The number of nitrogens with zero attached hydrogens (tertiary/aromatic N) is 1. The van der Waals surface area contributed by atoms with E-state index in [2.05, 4.69) is 6.92 Å². The molecule has 0 bridgehead atoms. The summed E-state index contributed by atoms with van der Waals surface area (Å²) in [5, 5.41) is 0.736. The number of hydrogen-bond acceptors (Lipinski definition) is 3. The van der Waals surface area contributed by atoms with Crippen LogP contribution in [0.2, 0.25) is 5.02 Å². The molecule has 1 amide bonds. The van der Waals surface area contributed by atoms with Crippen molar-refractivity contribution in [1.29, 1.82) is 0 Å². The molecular formula is C23H21ClFNO3. The zero-order valence-corrected chi connectivity index (χ0v) is 17.1. The third kappa shape index (κ3) is 3.23. The summed E-state index contributed by atoms with van der Waals surface area (Å²) < 4.78 is 20.6. The molecule has 150 valence electrons. The number of aryl methyl sites for hydroxylation is 1. The van der Waals surface area contributed by atoms with Crippen LogP contribution in [0, 0.1) is 12.7 Å². The van der Waals surface area contributed by atoms with E-state index in [0.717, 1.165) is 24.8 Å². The summed E-state index contributed by atoms with van der Waals surface area (Å²) in [5.41, 5.74) is 1.19. The maximum Gasteiger partial charge on any atom is 0.290 e. The van der Waals surface area contributed by atoms with Crippen molar-refractivity contribution in [2.45, 2.75) is 39.2 Å². The number of unbranched alkanes of at least 4 members (excludes halogenated alkanes) is 2. The van der Waals surface area contributed by atoms with Gasteiger partial charge in [0.15, 0.2) is 5.43 Å². The second-order valence-electron chi connectivity index (χ2n) is 7.40. The van der Waals surface area contributed by atoms with Crippen LogP contribution in [0.1, 0.15) is 59.5 Å². The number of fused-ring (bicyclic) bond motifs is 2. The predicted molar refractivity (Wildman–Crippen MR) is 111 cm³/mol. The lowest BCUT2D eigenvalue weighted by Crippen LogP contribution is -2.31. The van der Waals surface area contributed by atoms with Crippen LogP contribution in [0.5, 0.6) is 0 Å². The van der Waals surface area contributed by atoms with Crippen LogP contribution in [0.3, 0.4) is 0 Å². The van der Waals surface area contributed by atoms with Crippen LogP contribution in [0.15, 0.2) is 45.6 Å². The van der Waals surface area contributed by atoms with Gasteiger partial charge in [0.2, 0.25) is 5.76 Å². The summed E-state index contributed by atoms with van der Waals surface area (Å²) >= 11 is 6.21. The molecule has 0 saturated carbocycles. The van der Waals surface area contributed by atoms with Crippen LogP contribution in [-0.2, 0) is 0 Å². The first-order valence-corrected chi connectivity index (χ1v) is 10.1. The minimum atomic E-state index is -0.809. The van der Waals surface area contributed by atoms with Crippen molar-refractivity contribution in [2.24, 2.45) is 0 Å². The molecule has 4 rings (SSSR count). The molecule has 0 radical (unpaired) electrons. The smallest absolute Gasteiger partial charge is 0.290 e. The number of hydrogen-bond donors (Lipinski definition) is 0. The maximum absolute atomic E-state index is 14.7. The number of carbonyl (C=O) groups is 1. The Kier molecular flexibility index (Phi) is 5.17.